The van der Waals surface area contributed by atoms with Crippen LogP contribution in [0.4, 0.5) is 4.79 Å². The zero-order valence-corrected chi connectivity index (χ0v) is 26.8. The number of amides is 2. The van der Waals surface area contributed by atoms with Crippen molar-refractivity contribution in [3.05, 3.63) is 29.8 Å². The van der Waals surface area contributed by atoms with Crippen LogP contribution in [0.25, 0.3) is 0 Å². The molecule has 0 saturated carbocycles. The standard InChI is InChI=1S/C32H53N3O8/c1-22(2)25(20-33-30(37)26-13-8-9-14-29(26)41-18-12-17-40-6)19-27(28(36)21-35-15-10-7-11-16-35)34-32(39)43-24(5)42-31(38)23(3)4/h8-9,13-14,22-25,27-28,36H,7,10-12,15-21H2,1-6H3,(H,33,37)(H,34,39)/t24?,25-,27+,28+/m1/s1. The van der Waals surface area contributed by atoms with E-state index in [1.807, 2.05) is 19.9 Å². The van der Waals surface area contributed by atoms with Gasteiger partial charge >= 0.3 is 12.1 Å². The van der Waals surface area contributed by atoms with E-state index in [0.29, 0.717) is 50.5 Å². The second-order valence-electron chi connectivity index (χ2n) is 11.9. The van der Waals surface area contributed by atoms with Gasteiger partial charge < -0.3 is 39.6 Å². The third-order valence-corrected chi connectivity index (χ3v) is 7.59. The first kappa shape index (κ1) is 36.3. The Labute approximate surface area is 257 Å². The molecule has 11 heteroatoms. The summed E-state index contributed by atoms with van der Waals surface area (Å²) < 4.78 is 21.3. The van der Waals surface area contributed by atoms with Crippen LogP contribution < -0.4 is 15.4 Å². The lowest BCUT2D eigenvalue weighted by Crippen LogP contribution is -2.51. The normalized spacial score (nSPS) is 16.7. The highest BCUT2D eigenvalue weighted by atomic mass is 16.7. The number of esters is 1. The van der Waals surface area contributed by atoms with Gasteiger partial charge in [-0.25, -0.2) is 4.79 Å². The van der Waals surface area contributed by atoms with Gasteiger partial charge in [0.1, 0.15) is 5.75 Å². The molecule has 4 atom stereocenters. The van der Waals surface area contributed by atoms with Crippen LogP contribution in [0.15, 0.2) is 24.3 Å². The first-order valence-corrected chi connectivity index (χ1v) is 15.6. The minimum atomic E-state index is -1.08. The summed E-state index contributed by atoms with van der Waals surface area (Å²) in [6, 6.07) is 6.45. The smallest absolute Gasteiger partial charge is 0.410 e. The second-order valence-corrected chi connectivity index (χ2v) is 11.9. The minimum absolute atomic E-state index is 0.0729. The predicted octanol–water partition coefficient (Wildman–Crippen LogP) is 3.98. The van der Waals surface area contributed by atoms with Crippen LogP contribution in [0, 0.1) is 17.8 Å². The van der Waals surface area contributed by atoms with E-state index in [1.54, 1.807) is 39.2 Å². The van der Waals surface area contributed by atoms with Crippen LogP contribution in [-0.2, 0) is 19.0 Å². The Balaban J connectivity index is 2.09. The Hall–Kier alpha value is -2.89. The van der Waals surface area contributed by atoms with Crippen molar-refractivity contribution in [2.45, 2.75) is 85.2 Å². The van der Waals surface area contributed by atoms with Crippen LogP contribution in [0.1, 0.15) is 77.1 Å². The zero-order chi connectivity index (χ0) is 31.8. The third kappa shape index (κ3) is 13.5. The second kappa shape index (κ2) is 19.4. The molecule has 0 aromatic heterocycles. The third-order valence-electron chi connectivity index (χ3n) is 7.59. The number of ether oxygens (including phenoxy) is 4. The molecule has 1 aromatic carbocycles. The number of methoxy groups -OCH3 is 1. The first-order chi connectivity index (χ1) is 20.5. The number of piperidine rings is 1. The molecule has 1 aliphatic heterocycles. The van der Waals surface area contributed by atoms with Crippen molar-refractivity contribution in [3.63, 3.8) is 0 Å². The molecule has 1 fully saturated rings. The summed E-state index contributed by atoms with van der Waals surface area (Å²) in [7, 11) is 1.63. The lowest BCUT2D eigenvalue weighted by molar-refractivity contribution is -0.168. The molecule has 0 bridgehead atoms. The lowest BCUT2D eigenvalue weighted by atomic mass is 9.87. The van der Waals surface area contributed by atoms with E-state index in [1.165, 1.54) is 13.3 Å². The quantitative estimate of drug-likeness (QED) is 0.129. The number of aliphatic hydroxyl groups excluding tert-OH is 1. The lowest BCUT2D eigenvalue weighted by Gasteiger charge is -2.34. The number of hydrogen-bond acceptors (Lipinski definition) is 9. The highest BCUT2D eigenvalue weighted by Crippen LogP contribution is 2.22. The number of alkyl carbamates (subject to hydrolysis) is 1. The Morgan fingerprint density at radius 1 is 0.977 bits per heavy atom. The number of carbonyl (C=O) groups excluding carboxylic acids is 3. The van der Waals surface area contributed by atoms with Crippen molar-refractivity contribution in [1.82, 2.24) is 15.5 Å². The average Bonchev–Trinajstić information content (AvgIpc) is 2.97. The van der Waals surface area contributed by atoms with E-state index < -0.39 is 30.5 Å². The van der Waals surface area contributed by atoms with E-state index >= 15 is 0 Å². The fourth-order valence-corrected chi connectivity index (χ4v) is 4.91. The molecule has 1 unspecified atom stereocenters. The Morgan fingerprint density at radius 3 is 2.33 bits per heavy atom. The number of rotatable bonds is 18. The van der Waals surface area contributed by atoms with Crippen molar-refractivity contribution in [2.75, 3.05) is 46.5 Å². The van der Waals surface area contributed by atoms with Gasteiger partial charge in [-0.15, -0.1) is 0 Å². The fraction of sp³-hybridized carbons (Fsp3) is 0.719. The maximum atomic E-state index is 13.2. The van der Waals surface area contributed by atoms with E-state index in [2.05, 4.69) is 15.5 Å². The number of para-hydroxylation sites is 1. The Bertz CT molecular complexity index is 983. The Kier molecular flexibility index (Phi) is 16.4. The molecule has 1 aliphatic rings. The first-order valence-electron chi connectivity index (χ1n) is 15.6. The molecule has 43 heavy (non-hydrogen) atoms. The number of hydrogen-bond donors (Lipinski definition) is 3. The van der Waals surface area contributed by atoms with Crippen molar-refractivity contribution in [1.29, 1.82) is 0 Å². The molecule has 2 rings (SSSR count). The average molecular weight is 608 g/mol. The zero-order valence-electron chi connectivity index (χ0n) is 26.8. The summed E-state index contributed by atoms with van der Waals surface area (Å²) in [4.78, 5) is 40.1. The van der Waals surface area contributed by atoms with Gasteiger partial charge in [0.05, 0.1) is 30.2 Å². The van der Waals surface area contributed by atoms with Gasteiger partial charge in [-0.05, 0) is 56.3 Å². The van der Waals surface area contributed by atoms with E-state index in [4.69, 9.17) is 18.9 Å². The minimum Gasteiger partial charge on any atom is -0.493 e. The van der Waals surface area contributed by atoms with Crippen LogP contribution in [0.5, 0.6) is 5.75 Å². The van der Waals surface area contributed by atoms with E-state index in [9.17, 15) is 19.5 Å². The van der Waals surface area contributed by atoms with Gasteiger partial charge in [-0.1, -0.05) is 46.2 Å². The molecule has 2 amide bonds. The summed E-state index contributed by atoms with van der Waals surface area (Å²) in [6.07, 6.45) is 1.70. The van der Waals surface area contributed by atoms with Gasteiger partial charge in [-0.3, -0.25) is 9.59 Å². The topological polar surface area (TPSA) is 136 Å². The molecular weight excluding hydrogens is 554 g/mol. The van der Waals surface area contributed by atoms with Crippen LogP contribution in [-0.4, -0.2) is 92.9 Å². The molecule has 1 aromatic rings. The molecule has 11 nitrogen and oxygen atoms in total. The molecule has 0 aliphatic carbocycles. The summed E-state index contributed by atoms with van der Waals surface area (Å²) in [5, 5.41) is 17.1. The van der Waals surface area contributed by atoms with Crippen LogP contribution >= 0.6 is 0 Å². The van der Waals surface area contributed by atoms with Gasteiger partial charge in [0.2, 0.25) is 6.29 Å². The van der Waals surface area contributed by atoms with Crippen LogP contribution in [0.2, 0.25) is 0 Å². The van der Waals surface area contributed by atoms with Gasteiger partial charge in [0.15, 0.2) is 0 Å². The number of benzene rings is 1. The molecular formula is C32H53N3O8. The summed E-state index contributed by atoms with van der Waals surface area (Å²) >= 11 is 0. The molecule has 1 saturated heterocycles. The molecule has 1 heterocycles. The van der Waals surface area contributed by atoms with E-state index in [0.717, 1.165) is 25.9 Å². The van der Waals surface area contributed by atoms with E-state index in [-0.39, 0.29) is 23.7 Å². The van der Waals surface area contributed by atoms with Crippen molar-refractivity contribution >= 4 is 18.0 Å². The fourth-order valence-electron chi connectivity index (χ4n) is 4.91. The number of β-amino-alcohol motifs (C(OH)–C–C–N with tert-alkyl or cyclic N) is 1. The Morgan fingerprint density at radius 2 is 1.67 bits per heavy atom. The van der Waals surface area contributed by atoms with Crippen molar-refractivity contribution < 1.29 is 38.4 Å². The molecule has 0 radical (unpaired) electrons. The van der Waals surface area contributed by atoms with Gasteiger partial charge in [-0.2, -0.15) is 0 Å². The maximum Gasteiger partial charge on any atom is 0.410 e. The molecule has 0 spiro atoms. The SMILES string of the molecule is COCCCOc1ccccc1C(=O)NC[C@@H](C[C@H](NC(=O)OC(C)OC(=O)C(C)C)[C@@H](O)CN1CCCCC1)C(C)C. The highest BCUT2D eigenvalue weighted by Gasteiger charge is 2.30. The highest BCUT2D eigenvalue weighted by molar-refractivity contribution is 5.96. The van der Waals surface area contributed by atoms with Gasteiger partial charge in [0.25, 0.3) is 5.91 Å². The number of likely N-dealkylation sites (tertiary alicyclic amines) is 1. The predicted molar refractivity (Wildman–Crippen MR) is 164 cm³/mol. The maximum absolute atomic E-state index is 13.2. The largest absolute Gasteiger partial charge is 0.493 e. The number of nitrogens with one attached hydrogen (secondary N) is 2. The van der Waals surface area contributed by atoms with Crippen molar-refractivity contribution in [2.24, 2.45) is 17.8 Å². The summed E-state index contributed by atoms with van der Waals surface area (Å²) in [5.41, 5.74) is 0.441. The van der Waals surface area contributed by atoms with Gasteiger partial charge in [0, 0.05) is 40.2 Å². The molecule has 3 N–H and O–H groups in total. The number of carbonyl (C=O) groups is 3. The number of nitrogens with zero attached hydrogens (tertiary/aromatic N) is 1. The van der Waals surface area contributed by atoms with Crippen molar-refractivity contribution in [3.8, 4) is 5.75 Å². The molecule has 244 valence electrons. The summed E-state index contributed by atoms with van der Waals surface area (Å²) in [5.74, 6) is -0.523. The summed E-state index contributed by atoms with van der Waals surface area (Å²) in [6.45, 7) is 12.5. The van der Waals surface area contributed by atoms with Crippen LogP contribution in [0.3, 0.4) is 0 Å². The number of aliphatic hydroxyl groups is 1. The monoisotopic (exact) mass is 607 g/mol.